The molecule has 2 aliphatic rings. The minimum Gasteiger partial charge on any atom is -0.480 e. The molecule has 0 radical (unpaired) electrons. The van der Waals surface area contributed by atoms with Crippen molar-refractivity contribution in [2.24, 2.45) is 28.8 Å². The second kappa shape index (κ2) is 36.2. The summed E-state index contributed by atoms with van der Waals surface area (Å²) in [6.07, 6.45) is -8.10. The maximum Gasteiger partial charge on any atom is 0.352 e. The molecule has 14 atom stereocenters. The van der Waals surface area contributed by atoms with Crippen LogP contribution in [0.5, 0.6) is 5.75 Å². The van der Waals surface area contributed by atoms with Gasteiger partial charge >= 0.3 is 11.9 Å². The molecule has 8 N–H and O–H groups in total. The zero-order valence-corrected chi connectivity index (χ0v) is 55.3. The van der Waals surface area contributed by atoms with Crippen molar-refractivity contribution in [3.63, 3.8) is 0 Å². The molecule has 28 nitrogen and oxygen atoms in total. The molecule has 92 heavy (non-hydrogen) atoms. The van der Waals surface area contributed by atoms with Gasteiger partial charge in [0.2, 0.25) is 24.0 Å². The van der Waals surface area contributed by atoms with Crippen molar-refractivity contribution < 1.29 is 97.0 Å². The van der Waals surface area contributed by atoms with Crippen molar-refractivity contribution in [1.29, 1.82) is 0 Å². The molecule has 0 aliphatic carbocycles. The Bertz CT molecular complexity index is 2920. The normalized spacial score (nSPS) is 21.2. The van der Waals surface area contributed by atoms with Crippen LogP contribution in [0.2, 0.25) is 0 Å². The van der Waals surface area contributed by atoms with Crippen molar-refractivity contribution in [2.75, 3.05) is 94.7 Å². The van der Waals surface area contributed by atoms with Crippen LogP contribution >= 0.6 is 0 Å². The van der Waals surface area contributed by atoms with Crippen LogP contribution in [-0.2, 0) is 71.9 Å². The number of aliphatic hydroxyl groups excluding tert-OH is 4. The Morgan fingerprint density at radius 2 is 1.50 bits per heavy atom. The van der Waals surface area contributed by atoms with Gasteiger partial charge in [0.15, 0.2) is 6.04 Å². The second-order valence-electron chi connectivity index (χ2n) is 25.1. The molecule has 2 saturated heterocycles. The van der Waals surface area contributed by atoms with Gasteiger partial charge in [0.25, 0.3) is 5.91 Å². The molecule has 0 spiro atoms. The first-order chi connectivity index (χ1) is 43.7. The highest BCUT2D eigenvalue weighted by molar-refractivity contribution is 5.98. The molecule has 3 heterocycles. The molecular formula is C64H100N9O19+. The van der Waals surface area contributed by atoms with Crippen molar-refractivity contribution >= 4 is 46.5 Å². The minimum absolute atomic E-state index is 0.00284. The molecule has 2 unspecified atom stereocenters. The summed E-state index contributed by atoms with van der Waals surface area (Å²) in [5, 5.41) is 72.6. The van der Waals surface area contributed by atoms with Crippen LogP contribution in [0, 0.1) is 23.7 Å². The van der Waals surface area contributed by atoms with Gasteiger partial charge in [0.1, 0.15) is 54.5 Å². The Morgan fingerprint density at radius 1 is 0.848 bits per heavy atom. The average molecular weight is 1300 g/mol. The monoisotopic (exact) mass is 1300 g/mol. The van der Waals surface area contributed by atoms with Crippen LogP contribution in [0.1, 0.15) is 95.8 Å². The average Bonchev–Trinajstić information content (AvgIpc) is 1.55. The molecule has 5 rings (SSSR count). The predicted octanol–water partition coefficient (Wildman–Crippen LogP) is 3.35. The van der Waals surface area contributed by atoms with Crippen LogP contribution in [0.25, 0.3) is 21.3 Å². The highest BCUT2D eigenvalue weighted by Crippen LogP contribution is 2.37. The predicted molar refractivity (Wildman–Crippen MR) is 337 cm³/mol. The molecule has 514 valence electrons. The van der Waals surface area contributed by atoms with E-state index in [0.717, 1.165) is 5.56 Å². The van der Waals surface area contributed by atoms with Gasteiger partial charge in [-0.25, -0.2) is 9.59 Å². The summed E-state index contributed by atoms with van der Waals surface area (Å²) in [6.45, 7) is 14.0. The van der Waals surface area contributed by atoms with Gasteiger partial charge in [-0.2, -0.15) is 0 Å². The number of rotatable bonds is 39. The first-order valence-electron chi connectivity index (χ1n) is 31.6. The number of nitrogens with one attached hydrogen (secondary N) is 2. The summed E-state index contributed by atoms with van der Waals surface area (Å²) < 4.78 is 42.3. The first-order valence-corrected chi connectivity index (χ1v) is 31.6. The molecule has 2 aromatic carbocycles. The quantitative estimate of drug-likeness (QED) is 0.0133. The Labute approximate surface area is 538 Å². The molecule has 0 saturated carbocycles. The number of aromatic carboxylic acids is 1. The summed E-state index contributed by atoms with van der Waals surface area (Å²) in [5.74, 6) is -5.93. The molecular weight excluding hydrogens is 1200 g/mol. The zero-order valence-electron chi connectivity index (χ0n) is 55.3. The Kier molecular flexibility index (Phi) is 30.0. The number of hydrogen-bond donors (Lipinski definition) is 8. The minimum atomic E-state index is -1.80. The summed E-state index contributed by atoms with van der Waals surface area (Å²) in [5.41, 5.74) is 9.83. The van der Waals surface area contributed by atoms with Gasteiger partial charge < -0.3 is 93.3 Å². The van der Waals surface area contributed by atoms with Crippen LogP contribution in [-0.4, -0.2) is 253 Å². The molecule has 0 bridgehead atoms. The SMILES string of the molecule is CCC(C)[C@@H]([C@@H](CC(=O)N1CCC[C@H]1[C@H](OC)[C@@H](C)C(=O)NC(Cc1ccccc1)C(=O)O)OC)N(C)C(=O)[C@@H](NC(=O)[C@H](C(C)C)[N+](C)(C)Cc1ccc(O[C@@H]2O[C@H](CO)[C@H](O)[C@H](O)[C@H]2O)c2c1cc(C(=O)O)n2CCOCCOCCOCCN=[N+]=[N-])C(C)C. The Balaban J connectivity index is 1.37. The van der Waals surface area contributed by atoms with Gasteiger partial charge in [-0.15, -0.1) is 0 Å². The van der Waals surface area contributed by atoms with E-state index in [-0.39, 0.29) is 111 Å². The van der Waals surface area contributed by atoms with Crippen LogP contribution in [0.4, 0.5) is 0 Å². The van der Waals surface area contributed by atoms with E-state index < -0.39 is 121 Å². The third kappa shape index (κ3) is 19.8. The second-order valence-corrected chi connectivity index (χ2v) is 25.1. The fourth-order valence-corrected chi connectivity index (χ4v) is 12.8. The summed E-state index contributed by atoms with van der Waals surface area (Å²) in [7, 11) is 8.29. The number of ether oxygens (including phenoxy) is 7. The van der Waals surface area contributed by atoms with E-state index >= 15 is 9.59 Å². The number of aromatic nitrogens is 1. The summed E-state index contributed by atoms with van der Waals surface area (Å²) in [6, 6.07) is 9.41. The molecule has 2 aliphatic heterocycles. The summed E-state index contributed by atoms with van der Waals surface area (Å²) >= 11 is 0. The lowest BCUT2D eigenvalue weighted by atomic mass is 9.89. The van der Waals surface area contributed by atoms with E-state index in [4.69, 9.17) is 38.7 Å². The van der Waals surface area contributed by atoms with E-state index in [1.807, 2.05) is 61.7 Å². The third-order valence-electron chi connectivity index (χ3n) is 17.6. The fourth-order valence-electron chi connectivity index (χ4n) is 12.8. The van der Waals surface area contributed by atoms with Gasteiger partial charge in [0, 0.05) is 69.1 Å². The number of carbonyl (C=O) groups is 6. The van der Waals surface area contributed by atoms with Gasteiger partial charge in [-0.05, 0) is 54.0 Å². The fraction of sp³-hybridized carbons (Fsp3) is 0.688. The molecule has 2 fully saturated rings. The van der Waals surface area contributed by atoms with Crippen LogP contribution in [0.3, 0.4) is 0 Å². The number of benzene rings is 2. The largest absolute Gasteiger partial charge is 0.480 e. The number of aliphatic carboxylic acids is 1. The third-order valence-corrected chi connectivity index (χ3v) is 17.6. The topological polar surface area (TPSA) is 373 Å². The van der Waals surface area contributed by atoms with Crippen LogP contribution in [0.15, 0.2) is 53.6 Å². The van der Waals surface area contributed by atoms with Crippen molar-refractivity contribution in [2.45, 2.75) is 167 Å². The first kappa shape index (κ1) is 76.2. The number of azide groups is 1. The lowest BCUT2D eigenvalue weighted by molar-refractivity contribution is -0.922. The highest BCUT2D eigenvalue weighted by atomic mass is 16.7. The highest BCUT2D eigenvalue weighted by Gasteiger charge is 2.47. The Hall–Kier alpha value is -6.53. The van der Waals surface area contributed by atoms with Gasteiger partial charge in [-0.1, -0.05) is 90.3 Å². The Morgan fingerprint density at radius 3 is 2.08 bits per heavy atom. The number of hydrogen-bond acceptors (Lipinski definition) is 18. The number of quaternary nitrogens is 1. The zero-order chi connectivity index (χ0) is 68.1. The number of methoxy groups -OCH3 is 2. The number of fused-ring (bicyclic) bond motifs is 1. The van der Waals surface area contributed by atoms with E-state index in [2.05, 4.69) is 20.7 Å². The maximum atomic E-state index is 15.1. The number of amides is 4. The number of likely N-dealkylation sites (N-methyl/N-ethyl adjacent to an activating group) is 2. The molecule has 4 amide bonds. The number of aliphatic hydroxyl groups is 4. The number of carboxylic acids is 2. The van der Waals surface area contributed by atoms with E-state index in [1.54, 1.807) is 60.2 Å². The smallest absolute Gasteiger partial charge is 0.352 e. The van der Waals surface area contributed by atoms with E-state index in [1.165, 1.54) is 24.9 Å². The van der Waals surface area contributed by atoms with Crippen molar-refractivity contribution in [1.82, 2.24) is 25.0 Å². The van der Waals surface area contributed by atoms with Crippen molar-refractivity contribution in [3.8, 4) is 5.75 Å². The summed E-state index contributed by atoms with van der Waals surface area (Å²) in [4.78, 5) is 90.0. The van der Waals surface area contributed by atoms with E-state index in [0.29, 0.717) is 36.8 Å². The maximum absolute atomic E-state index is 15.1. The number of carbonyl (C=O) groups excluding carboxylic acids is 4. The van der Waals surface area contributed by atoms with Gasteiger partial charge in [-0.3, -0.25) is 19.2 Å². The van der Waals surface area contributed by atoms with Crippen molar-refractivity contribution in [3.05, 3.63) is 75.8 Å². The molecule has 1 aromatic heterocycles. The van der Waals surface area contributed by atoms with Crippen LogP contribution < -0.4 is 15.4 Å². The van der Waals surface area contributed by atoms with E-state index in [9.17, 15) is 49.8 Å². The number of nitrogens with zero attached hydrogens (tertiary/aromatic N) is 7. The van der Waals surface area contributed by atoms with Gasteiger partial charge in [0.05, 0.1) is 102 Å². The number of carboxylic acid groups (broad SMARTS) is 2. The lowest BCUT2D eigenvalue weighted by Gasteiger charge is -2.42. The molecule has 28 heteroatoms. The lowest BCUT2D eigenvalue weighted by Crippen LogP contribution is -2.63. The number of likely N-dealkylation sites (tertiary alicyclic amines) is 1. The standard InChI is InChI=1S/C64H99N9O19/c1-13-39(6)52(48(86-11)34-50(75)71-24-17-20-45(71)58(87-12)40(7)59(79)67-44(62(82)83)32-41-18-15-14-16-19-41)70(8)61(81)51(37(2)3)68-60(80)54(38(4)5)73(9,10)35-42-21-22-47(91-64-57(78)56(77)55(76)49(36-74)92-64)53-43(42)33-46(63(84)85)72(53)25-27-89-29-31-90-30-28-88-26-23-66-69-65/h14-16,18-19,21-22,33,37-40,44-45,48-49,51-52,54-58,64,74,76-78H,13,17,20,23-32,34-36H2,1-12H3,(H3-,67,68,79,80,82,83,84,85)/p+1/t39?,40-,44?,45+,48-,49-,51+,52+,54+,55+,56+,57-,58-,64-/m1/s1. The molecule has 3 aromatic rings.